The first-order valence-corrected chi connectivity index (χ1v) is 9.48. The summed E-state index contributed by atoms with van der Waals surface area (Å²) in [6.07, 6.45) is 0.0638. The summed E-state index contributed by atoms with van der Waals surface area (Å²) >= 11 is 6.07. The van der Waals surface area contributed by atoms with Crippen LogP contribution in [0.25, 0.3) is 0 Å². The molecular weight excluding hydrogens is 398 g/mol. The number of methoxy groups -OCH3 is 1. The number of ether oxygens (including phenoxy) is 1. The number of rotatable bonds is 7. The van der Waals surface area contributed by atoms with Crippen LogP contribution in [0, 0.1) is 12.8 Å². The van der Waals surface area contributed by atoms with Crippen LogP contribution < -0.4 is 21.5 Å². The molecule has 1 aliphatic rings. The van der Waals surface area contributed by atoms with Gasteiger partial charge in [0.05, 0.1) is 18.1 Å². The van der Waals surface area contributed by atoms with Gasteiger partial charge < -0.3 is 20.7 Å². The summed E-state index contributed by atoms with van der Waals surface area (Å²) in [5, 5.41) is 8.85. The molecule has 2 amide bonds. The summed E-state index contributed by atoms with van der Waals surface area (Å²) in [7, 11) is 1.56. The number of nitrogens with zero attached hydrogens (tertiary/aromatic N) is 1. The lowest BCUT2D eigenvalue weighted by Gasteiger charge is -2.23. The molecule has 1 atom stereocenters. The highest BCUT2D eigenvalue weighted by Gasteiger charge is 2.31. The number of carbonyl (C=O) groups is 2. The van der Waals surface area contributed by atoms with Crippen molar-refractivity contribution in [1.29, 1.82) is 0 Å². The third-order valence-corrected chi connectivity index (χ3v) is 5.06. The average Bonchev–Trinajstić information content (AvgIpc) is 2.67. The van der Waals surface area contributed by atoms with Crippen molar-refractivity contribution >= 4 is 40.9 Å². The fourth-order valence-electron chi connectivity index (χ4n) is 3.04. The van der Waals surface area contributed by atoms with Crippen LogP contribution in [-0.2, 0) is 20.7 Å². The van der Waals surface area contributed by atoms with Crippen LogP contribution in [0.3, 0.4) is 0 Å². The fourth-order valence-corrected chi connectivity index (χ4v) is 3.21. The highest BCUT2D eigenvalue weighted by molar-refractivity contribution is 6.31. The van der Waals surface area contributed by atoms with Gasteiger partial charge in [-0.15, -0.1) is 0 Å². The zero-order valence-corrected chi connectivity index (χ0v) is 16.9. The monoisotopic (exact) mass is 419 g/mol. The van der Waals surface area contributed by atoms with E-state index in [1.165, 1.54) is 0 Å². The molecule has 3 rings (SSSR count). The van der Waals surface area contributed by atoms with Crippen molar-refractivity contribution in [1.82, 2.24) is 9.97 Å². The molecule has 4 N–H and O–H groups in total. The second kappa shape index (κ2) is 9.06. The third-order valence-electron chi connectivity index (χ3n) is 4.65. The van der Waals surface area contributed by atoms with E-state index >= 15 is 0 Å². The van der Waals surface area contributed by atoms with Crippen molar-refractivity contribution in [3.8, 4) is 0 Å². The number of amides is 2. The Bertz CT molecular complexity index is 991. The maximum absolute atomic E-state index is 12.4. The fraction of sp³-hybridized carbons (Fsp3) is 0.368. The Labute approximate surface area is 172 Å². The minimum absolute atomic E-state index is 0.0650. The molecule has 10 heteroatoms. The molecule has 29 heavy (non-hydrogen) atoms. The van der Waals surface area contributed by atoms with E-state index in [0.29, 0.717) is 29.4 Å². The van der Waals surface area contributed by atoms with E-state index in [1.807, 2.05) is 0 Å². The zero-order valence-electron chi connectivity index (χ0n) is 16.1. The summed E-state index contributed by atoms with van der Waals surface area (Å²) in [5.74, 6) is -0.894. The number of aromatic amines is 1. The van der Waals surface area contributed by atoms with Crippen molar-refractivity contribution in [2.45, 2.75) is 19.8 Å². The lowest BCUT2D eigenvalue weighted by atomic mass is 9.92. The molecule has 0 spiro atoms. The Morgan fingerprint density at radius 2 is 2.17 bits per heavy atom. The van der Waals surface area contributed by atoms with Gasteiger partial charge in [0.1, 0.15) is 5.82 Å². The molecule has 0 bridgehead atoms. The van der Waals surface area contributed by atoms with Crippen LogP contribution >= 0.6 is 11.6 Å². The van der Waals surface area contributed by atoms with Crippen LogP contribution in [0.4, 0.5) is 17.5 Å². The van der Waals surface area contributed by atoms with Gasteiger partial charge in [0, 0.05) is 30.8 Å². The van der Waals surface area contributed by atoms with Gasteiger partial charge >= 0.3 is 0 Å². The predicted molar refractivity (Wildman–Crippen MR) is 110 cm³/mol. The Hall–Kier alpha value is -2.91. The third kappa shape index (κ3) is 4.93. The molecular formula is C19H22ClN5O4. The molecule has 1 aromatic carbocycles. The number of nitrogens with one attached hydrogen (secondary N) is 4. The number of carbonyl (C=O) groups excluding carboxylic acids is 2. The van der Waals surface area contributed by atoms with Gasteiger partial charge in [0.15, 0.2) is 0 Å². The van der Waals surface area contributed by atoms with Crippen molar-refractivity contribution in [2.75, 3.05) is 36.2 Å². The first-order chi connectivity index (χ1) is 13.9. The number of aromatic nitrogens is 2. The molecule has 0 fully saturated rings. The number of hydrogen-bond acceptors (Lipinski definition) is 6. The van der Waals surface area contributed by atoms with E-state index in [1.54, 1.807) is 32.2 Å². The van der Waals surface area contributed by atoms with Gasteiger partial charge in [-0.2, -0.15) is 4.98 Å². The normalized spacial score (nSPS) is 15.4. The van der Waals surface area contributed by atoms with Gasteiger partial charge in [-0.3, -0.25) is 19.4 Å². The second-order valence-electron chi connectivity index (χ2n) is 6.72. The van der Waals surface area contributed by atoms with Crippen LogP contribution in [0.1, 0.15) is 17.5 Å². The molecule has 9 nitrogen and oxygen atoms in total. The minimum Gasteiger partial charge on any atom is -0.383 e. The summed E-state index contributed by atoms with van der Waals surface area (Å²) in [4.78, 5) is 44.1. The van der Waals surface area contributed by atoms with Gasteiger partial charge in [-0.05, 0) is 31.0 Å². The molecule has 2 heterocycles. The Morgan fingerprint density at radius 1 is 1.38 bits per heavy atom. The quantitative estimate of drug-likeness (QED) is 0.508. The highest BCUT2D eigenvalue weighted by atomic mass is 35.5. The standard InChI is InChI=1S/C19H22ClN5O4/c1-10-13(20)4-3-5-14(10)22-15(26)9-11-8-12-16(23-17(11)27)24-19(25-18(12)28)21-6-7-29-2/h3-5,11H,6-9H2,1-2H3,(H,22,26)(H3,21,23,24,25,27,28). The van der Waals surface area contributed by atoms with E-state index in [0.717, 1.165) is 5.56 Å². The lowest BCUT2D eigenvalue weighted by Crippen LogP contribution is -2.37. The van der Waals surface area contributed by atoms with Crippen molar-refractivity contribution in [3.63, 3.8) is 0 Å². The number of anilines is 3. The first kappa shape index (κ1) is 20.8. The number of H-pyrrole nitrogens is 1. The minimum atomic E-state index is -0.669. The summed E-state index contributed by atoms with van der Waals surface area (Å²) in [5.41, 5.74) is 1.32. The smallest absolute Gasteiger partial charge is 0.257 e. The van der Waals surface area contributed by atoms with E-state index in [2.05, 4.69) is 25.9 Å². The second-order valence-corrected chi connectivity index (χ2v) is 7.12. The molecule has 1 unspecified atom stereocenters. The van der Waals surface area contributed by atoms with Crippen LogP contribution in [0.15, 0.2) is 23.0 Å². The molecule has 0 saturated carbocycles. The number of hydrogen-bond donors (Lipinski definition) is 4. The zero-order chi connectivity index (χ0) is 21.0. The summed E-state index contributed by atoms with van der Waals surface area (Å²) in [6, 6.07) is 5.20. The van der Waals surface area contributed by atoms with Gasteiger partial charge in [0.2, 0.25) is 17.8 Å². The van der Waals surface area contributed by atoms with E-state index < -0.39 is 5.92 Å². The van der Waals surface area contributed by atoms with E-state index in [9.17, 15) is 14.4 Å². The summed E-state index contributed by atoms with van der Waals surface area (Å²) < 4.78 is 4.93. The maximum atomic E-state index is 12.4. The van der Waals surface area contributed by atoms with Crippen LogP contribution in [-0.4, -0.2) is 42.0 Å². The Balaban J connectivity index is 1.69. The highest BCUT2D eigenvalue weighted by Crippen LogP contribution is 2.26. The SMILES string of the molecule is COCCNc1nc2c(c(=O)[nH]1)CC(CC(=O)Nc1cccc(Cl)c1C)C(=O)N2. The molecule has 1 aliphatic heterocycles. The molecule has 0 radical (unpaired) electrons. The lowest BCUT2D eigenvalue weighted by molar-refractivity contribution is -0.125. The maximum Gasteiger partial charge on any atom is 0.257 e. The Morgan fingerprint density at radius 3 is 2.93 bits per heavy atom. The summed E-state index contributed by atoms with van der Waals surface area (Å²) in [6.45, 7) is 2.69. The number of fused-ring (bicyclic) bond motifs is 1. The van der Waals surface area contributed by atoms with Gasteiger partial charge in [-0.25, -0.2) is 0 Å². The average molecular weight is 420 g/mol. The van der Waals surface area contributed by atoms with Crippen LogP contribution in [0.5, 0.6) is 0 Å². The first-order valence-electron chi connectivity index (χ1n) is 9.11. The topological polar surface area (TPSA) is 125 Å². The largest absolute Gasteiger partial charge is 0.383 e. The molecule has 2 aromatic rings. The predicted octanol–water partition coefficient (Wildman–Crippen LogP) is 1.93. The van der Waals surface area contributed by atoms with E-state index in [4.69, 9.17) is 16.3 Å². The molecule has 1 aromatic heterocycles. The van der Waals surface area contributed by atoms with Crippen LogP contribution in [0.2, 0.25) is 5.02 Å². The van der Waals surface area contributed by atoms with E-state index in [-0.39, 0.29) is 42.0 Å². The van der Waals surface area contributed by atoms with Crippen molar-refractivity contribution < 1.29 is 14.3 Å². The number of halogens is 1. The molecule has 0 saturated heterocycles. The van der Waals surface area contributed by atoms with Gasteiger partial charge in [0.25, 0.3) is 5.56 Å². The number of benzene rings is 1. The Kier molecular flexibility index (Phi) is 6.50. The van der Waals surface area contributed by atoms with Crippen molar-refractivity contribution in [3.05, 3.63) is 44.7 Å². The molecule has 0 aliphatic carbocycles. The molecule has 154 valence electrons. The van der Waals surface area contributed by atoms with Crippen molar-refractivity contribution in [2.24, 2.45) is 5.92 Å². The van der Waals surface area contributed by atoms with Gasteiger partial charge in [-0.1, -0.05) is 17.7 Å².